The Morgan fingerprint density at radius 1 is 1.11 bits per heavy atom. The molecule has 2 rings (SSSR count). The van der Waals surface area contributed by atoms with Gasteiger partial charge >= 0.3 is 0 Å². The van der Waals surface area contributed by atoms with Crippen molar-refractivity contribution in [3.8, 4) is 0 Å². The van der Waals surface area contributed by atoms with Gasteiger partial charge in [0.25, 0.3) is 0 Å². The van der Waals surface area contributed by atoms with Crippen LogP contribution in [0.3, 0.4) is 0 Å². The molecule has 1 aromatic rings. The Morgan fingerprint density at radius 3 is 2.58 bits per heavy atom. The average Bonchev–Trinajstić information content (AvgIpc) is 2.54. The summed E-state index contributed by atoms with van der Waals surface area (Å²) in [6.45, 7) is 7.17. The standard InChI is InChI=1S/C17H26BrN/c1-17(2,3)13-6-4-8-15(11-10-13)19-16-9-5-7-14(18)12-16/h5,7,9,12-13,15,19H,4,6,8,10-11H2,1-3H3. The van der Waals surface area contributed by atoms with Gasteiger partial charge in [0.2, 0.25) is 0 Å². The van der Waals surface area contributed by atoms with Crippen LogP contribution in [0.1, 0.15) is 52.9 Å². The Kier molecular flexibility index (Phi) is 4.94. The molecule has 0 bridgehead atoms. The number of hydrogen-bond donors (Lipinski definition) is 1. The number of nitrogens with one attached hydrogen (secondary N) is 1. The van der Waals surface area contributed by atoms with E-state index in [1.54, 1.807) is 0 Å². The molecule has 0 radical (unpaired) electrons. The summed E-state index contributed by atoms with van der Waals surface area (Å²) in [6, 6.07) is 9.15. The van der Waals surface area contributed by atoms with Crippen molar-refractivity contribution in [2.75, 3.05) is 5.32 Å². The minimum Gasteiger partial charge on any atom is -0.382 e. The Morgan fingerprint density at radius 2 is 1.89 bits per heavy atom. The van der Waals surface area contributed by atoms with Crippen LogP contribution >= 0.6 is 15.9 Å². The molecule has 106 valence electrons. The van der Waals surface area contributed by atoms with Gasteiger partial charge in [-0.15, -0.1) is 0 Å². The molecule has 0 amide bonds. The van der Waals surface area contributed by atoms with E-state index < -0.39 is 0 Å². The summed E-state index contributed by atoms with van der Waals surface area (Å²) < 4.78 is 1.15. The third-order valence-corrected chi connectivity index (χ3v) is 4.88. The summed E-state index contributed by atoms with van der Waals surface area (Å²) in [5, 5.41) is 3.70. The van der Waals surface area contributed by atoms with Crippen molar-refractivity contribution in [3.63, 3.8) is 0 Å². The third-order valence-electron chi connectivity index (χ3n) is 4.39. The smallest absolute Gasteiger partial charge is 0.0353 e. The van der Waals surface area contributed by atoms with E-state index in [2.05, 4.69) is 66.3 Å². The lowest BCUT2D eigenvalue weighted by Crippen LogP contribution is -2.21. The second-order valence-corrected chi connectivity index (χ2v) is 7.84. The molecule has 1 saturated carbocycles. The average molecular weight is 324 g/mol. The summed E-state index contributed by atoms with van der Waals surface area (Å²) in [4.78, 5) is 0. The molecule has 0 aromatic heterocycles. The second kappa shape index (κ2) is 6.30. The molecule has 1 N–H and O–H groups in total. The highest BCUT2D eigenvalue weighted by Gasteiger charge is 2.27. The van der Waals surface area contributed by atoms with Crippen molar-refractivity contribution in [3.05, 3.63) is 28.7 Å². The van der Waals surface area contributed by atoms with E-state index in [9.17, 15) is 0 Å². The first kappa shape index (κ1) is 14.9. The first-order valence-electron chi connectivity index (χ1n) is 7.47. The Balaban J connectivity index is 1.93. The van der Waals surface area contributed by atoms with Gasteiger partial charge in [-0.3, -0.25) is 0 Å². The fourth-order valence-electron chi connectivity index (χ4n) is 3.13. The zero-order chi connectivity index (χ0) is 13.9. The normalized spacial score (nSPS) is 24.8. The van der Waals surface area contributed by atoms with Gasteiger partial charge in [-0.2, -0.15) is 0 Å². The Hall–Kier alpha value is -0.500. The lowest BCUT2D eigenvalue weighted by molar-refractivity contribution is 0.214. The van der Waals surface area contributed by atoms with Crippen LogP contribution in [-0.4, -0.2) is 6.04 Å². The van der Waals surface area contributed by atoms with Crippen molar-refractivity contribution in [2.24, 2.45) is 11.3 Å². The first-order valence-corrected chi connectivity index (χ1v) is 8.26. The van der Waals surface area contributed by atoms with E-state index in [1.165, 1.54) is 37.8 Å². The lowest BCUT2D eigenvalue weighted by Gasteiger charge is -2.29. The van der Waals surface area contributed by atoms with Crippen molar-refractivity contribution in [1.82, 2.24) is 0 Å². The predicted octanol–water partition coefficient (Wildman–Crippen LogP) is 5.86. The van der Waals surface area contributed by atoms with E-state index >= 15 is 0 Å². The third kappa shape index (κ3) is 4.52. The number of benzene rings is 1. The topological polar surface area (TPSA) is 12.0 Å². The molecule has 0 aliphatic heterocycles. The second-order valence-electron chi connectivity index (χ2n) is 6.92. The summed E-state index contributed by atoms with van der Waals surface area (Å²) in [6.07, 6.45) is 6.70. The first-order chi connectivity index (χ1) is 8.95. The number of halogens is 1. The van der Waals surface area contributed by atoms with Gasteiger partial charge in [-0.1, -0.05) is 49.2 Å². The maximum atomic E-state index is 3.70. The number of rotatable bonds is 2. The maximum Gasteiger partial charge on any atom is 0.0353 e. The molecule has 2 atom stereocenters. The molecule has 1 aliphatic carbocycles. The van der Waals surface area contributed by atoms with Crippen LogP contribution in [-0.2, 0) is 0 Å². The highest BCUT2D eigenvalue weighted by atomic mass is 79.9. The van der Waals surface area contributed by atoms with Crippen molar-refractivity contribution in [1.29, 1.82) is 0 Å². The maximum absolute atomic E-state index is 3.70. The van der Waals surface area contributed by atoms with Crippen molar-refractivity contribution in [2.45, 2.75) is 58.9 Å². The predicted molar refractivity (Wildman–Crippen MR) is 87.6 cm³/mol. The quantitative estimate of drug-likeness (QED) is 0.672. The van der Waals surface area contributed by atoms with Crippen LogP contribution in [0.5, 0.6) is 0 Å². The van der Waals surface area contributed by atoms with Gasteiger partial charge < -0.3 is 5.32 Å². The molecule has 19 heavy (non-hydrogen) atoms. The molecule has 2 unspecified atom stereocenters. The molecule has 1 aromatic carbocycles. The molecule has 1 aliphatic rings. The van der Waals surface area contributed by atoms with Gasteiger partial charge in [0.1, 0.15) is 0 Å². The van der Waals surface area contributed by atoms with Crippen molar-refractivity contribution < 1.29 is 0 Å². The monoisotopic (exact) mass is 323 g/mol. The number of anilines is 1. The van der Waals surface area contributed by atoms with E-state index in [0.29, 0.717) is 11.5 Å². The fourth-order valence-corrected chi connectivity index (χ4v) is 3.53. The minimum atomic E-state index is 0.463. The largest absolute Gasteiger partial charge is 0.382 e. The summed E-state index contributed by atoms with van der Waals surface area (Å²) in [5.74, 6) is 0.877. The summed E-state index contributed by atoms with van der Waals surface area (Å²) in [5.41, 5.74) is 1.71. The zero-order valence-electron chi connectivity index (χ0n) is 12.4. The molecular weight excluding hydrogens is 298 g/mol. The van der Waals surface area contributed by atoms with E-state index in [1.807, 2.05) is 0 Å². The Bertz CT molecular complexity index is 408. The molecule has 0 heterocycles. The van der Waals surface area contributed by atoms with Gasteiger partial charge in [0, 0.05) is 16.2 Å². The van der Waals surface area contributed by atoms with E-state index in [0.717, 1.165) is 10.4 Å². The SMILES string of the molecule is CC(C)(C)C1CCCC(Nc2cccc(Br)c2)CC1. The zero-order valence-corrected chi connectivity index (χ0v) is 14.0. The van der Waals surface area contributed by atoms with Crippen LogP contribution in [0.2, 0.25) is 0 Å². The van der Waals surface area contributed by atoms with Crippen LogP contribution in [0.4, 0.5) is 5.69 Å². The molecular formula is C17H26BrN. The van der Waals surface area contributed by atoms with E-state index in [-0.39, 0.29) is 0 Å². The van der Waals surface area contributed by atoms with Crippen LogP contribution in [0, 0.1) is 11.3 Å². The van der Waals surface area contributed by atoms with Crippen molar-refractivity contribution >= 4 is 21.6 Å². The molecule has 1 fully saturated rings. The highest BCUT2D eigenvalue weighted by Crippen LogP contribution is 2.37. The van der Waals surface area contributed by atoms with Gasteiger partial charge in [0.15, 0.2) is 0 Å². The van der Waals surface area contributed by atoms with Gasteiger partial charge in [-0.25, -0.2) is 0 Å². The fraction of sp³-hybridized carbons (Fsp3) is 0.647. The summed E-state index contributed by atoms with van der Waals surface area (Å²) in [7, 11) is 0. The lowest BCUT2D eigenvalue weighted by atomic mass is 9.76. The molecule has 0 spiro atoms. The molecule has 2 heteroatoms. The highest BCUT2D eigenvalue weighted by molar-refractivity contribution is 9.10. The van der Waals surface area contributed by atoms with Gasteiger partial charge in [0.05, 0.1) is 0 Å². The summed E-state index contributed by atoms with van der Waals surface area (Å²) >= 11 is 3.54. The Labute approximate surface area is 126 Å². The van der Waals surface area contributed by atoms with Crippen LogP contribution in [0.25, 0.3) is 0 Å². The minimum absolute atomic E-state index is 0.463. The van der Waals surface area contributed by atoms with Crippen LogP contribution in [0.15, 0.2) is 28.7 Å². The van der Waals surface area contributed by atoms with E-state index in [4.69, 9.17) is 0 Å². The molecule has 0 saturated heterocycles. The molecule has 1 nitrogen and oxygen atoms in total. The van der Waals surface area contributed by atoms with Crippen LogP contribution < -0.4 is 5.32 Å². The number of hydrogen-bond acceptors (Lipinski definition) is 1. The van der Waals surface area contributed by atoms with Gasteiger partial charge in [-0.05, 0) is 55.2 Å².